The lowest BCUT2D eigenvalue weighted by Crippen LogP contribution is -2.42. The number of hydrogen-bond acceptors (Lipinski definition) is 5. The summed E-state index contributed by atoms with van der Waals surface area (Å²) in [4.78, 5) is 27.5. The summed E-state index contributed by atoms with van der Waals surface area (Å²) in [5.74, 6) is -0.822. The quantitative estimate of drug-likeness (QED) is 0.180. The zero-order valence-corrected chi connectivity index (χ0v) is 24.4. The Labute approximate surface area is 230 Å². The summed E-state index contributed by atoms with van der Waals surface area (Å²) in [6.45, 7) is 11.8. The normalized spacial score (nSPS) is 11.5. The SMILES string of the molecule is Cn1cc(C(=O)Nc2ccc(Cl)cc2)c(C(=O)Nc2ccc(N(C#N)CCO[Si](C)(C)C(C)(C)C)cc2)c1. The topological polar surface area (TPSA) is 99.4 Å². The van der Waals surface area contributed by atoms with Gasteiger partial charge in [0, 0.05) is 35.8 Å². The van der Waals surface area contributed by atoms with Gasteiger partial charge in [-0.15, -0.1) is 0 Å². The molecule has 0 aliphatic carbocycles. The van der Waals surface area contributed by atoms with Crippen molar-refractivity contribution in [2.45, 2.75) is 38.9 Å². The van der Waals surface area contributed by atoms with Crippen LogP contribution in [0.15, 0.2) is 60.9 Å². The van der Waals surface area contributed by atoms with E-state index >= 15 is 0 Å². The average Bonchev–Trinajstić information content (AvgIpc) is 3.25. The van der Waals surface area contributed by atoms with Crippen LogP contribution in [0.1, 0.15) is 41.5 Å². The molecule has 0 bridgehead atoms. The maximum absolute atomic E-state index is 13.0. The highest BCUT2D eigenvalue weighted by Gasteiger charge is 2.37. The summed E-state index contributed by atoms with van der Waals surface area (Å²) >= 11 is 5.91. The molecule has 8 nitrogen and oxygen atoms in total. The maximum Gasteiger partial charge on any atom is 0.258 e. The van der Waals surface area contributed by atoms with Crippen molar-refractivity contribution in [3.63, 3.8) is 0 Å². The Balaban J connectivity index is 1.65. The number of nitrogens with one attached hydrogen (secondary N) is 2. The van der Waals surface area contributed by atoms with Crippen LogP contribution in [0.2, 0.25) is 23.2 Å². The first-order chi connectivity index (χ1) is 17.8. The maximum atomic E-state index is 13.0. The van der Waals surface area contributed by atoms with Gasteiger partial charge >= 0.3 is 0 Å². The molecule has 0 saturated carbocycles. The van der Waals surface area contributed by atoms with E-state index in [1.807, 2.05) is 0 Å². The Hall–Kier alpha value is -3.58. The highest BCUT2D eigenvalue weighted by Crippen LogP contribution is 2.36. The van der Waals surface area contributed by atoms with Gasteiger partial charge in [0.2, 0.25) is 0 Å². The number of benzene rings is 2. The molecule has 2 amide bonds. The van der Waals surface area contributed by atoms with Crippen LogP contribution < -0.4 is 15.5 Å². The minimum absolute atomic E-state index is 0.0967. The van der Waals surface area contributed by atoms with Gasteiger partial charge in [-0.05, 0) is 66.7 Å². The van der Waals surface area contributed by atoms with Crippen molar-refractivity contribution in [3.05, 3.63) is 77.1 Å². The van der Waals surface area contributed by atoms with Crippen molar-refractivity contribution in [2.75, 3.05) is 28.7 Å². The van der Waals surface area contributed by atoms with Crippen LogP contribution in [0, 0.1) is 11.5 Å². The van der Waals surface area contributed by atoms with Crippen LogP contribution in [-0.4, -0.2) is 37.9 Å². The molecule has 0 radical (unpaired) electrons. The van der Waals surface area contributed by atoms with E-state index < -0.39 is 20.1 Å². The van der Waals surface area contributed by atoms with Crippen molar-refractivity contribution in [3.8, 4) is 6.19 Å². The number of nitrogens with zero attached hydrogens (tertiary/aromatic N) is 3. The summed E-state index contributed by atoms with van der Waals surface area (Å²) in [6.07, 6.45) is 5.40. The van der Waals surface area contributed by atoms with Gasteiger partial charge in [0.15, 0.2) is 14.5 Å². The molecule has 0 saturated heterocycles. The van der Waals surface area contributed by atoms with Crippen LogP contribution in [0.3, 0.4) is 0 Å². The smallest absolute Gasteiger partial charge is 0.258 e. The van der Waals surface area contributed by atoms with E-state index in [9.17, 15) is 14.9 Å². The molecule has 2 aromatic carbocycles. The Bertz CT molecular complexity index is 1320. The van der Waals surface area contributed by atoms with Crippen LogP contribution in [0.4, 0.5) is 17.1 Å². The van der Waals surface area contributed by atoms with Crippen LogP contribution >= 0.6 is 11.6 Å². The zero-order valence-electron chi connectivity index (χ0n) is 22.6. The lowest BCUT2D eigenvalue weighted by atomic mass is 10.1. The second-order valence-corrected chi connectivity index (χ2v) is 15.8. The number of amides is 2. The molecule has 0 atom stereocenters. The molecule has 0 aliphatic rings. The van der Waals surface area contributed by atoms with Crippen molar-refractivity contribution >= 4 is 48.8 Å². The molecular weight excluding hydrogens is 518 g/mol. The molecule has 0 aliphatic heterocycles. The van der Waals surface area contributed by atoms with Crippen LogP contribution in [0.5, 0.6) is 0 Å². The van der Waals surface area contributed by atoms with Gasteiger partial charge in [0.05, 0.1) is 30.0 Å². The fraction of sp³-hybridized carbons (Fsp3) is 0.321. The number of aryl methyl sites for hydroxylation is 1. The second-order valence-electron chi connectivity index (χ2n) is 10.6. The van der Waals surface area contributed by atoms with E-state index in [4.69, 9.17) is 16.0 Å². The van der Waals surface area contributed by atoms with E-state index in [0.717, 1.165) is 0 Å². The predicted octanol–water partition coefficient (Wildman–Crippen LogP) is 6.49. The number of carbonyl (C=O) groups is 2. The monoisotopic (exact) mass is 551 g/mol. The molecular formula is C28H34ClN5O3Si. The van der Waals surface area contributed by atoms with E-state index in [1.165, 1.54) is 0 Å². The van der Waals surface area contributed by atoms with E-state index in [1.54, 1.807) is 77.4 Å². The first-order valence-corrected chi connectivity index (χ1v) is 15.5. The Kier molecular flexibility index (Phi) is 9.04. The summed E-state index contributed by atoms with van der Waals surface area (Å²) in [5.41, 5.74) is 2.30. The van der Waals surface area contributed by atoms with E-state index in [-0.39, 0.29) is 16.2 Å². The second kappa shape index (κ2) is 11.9. The van der Waals surface area contributed by atoms with Gasteiger partial charge in [0.25, 0.3) is 11.8 Å². The highest BCUT2D eigenvalue weighted by molar-refractivity contribution is 6.74. The number of rotatable bonds is 9. The van der Waals surface area contributed by atoms with Gasteiger partial charge in [-0.3, -0.25) is 14.5 Å². The first-order valence-electron chi connectivity index (χ1n) is 12.3. The van der Waals surface area contributed by atoms with Crippen molar-refractivity contribution in [1.82, 2.24) is 4.57 Å². The fourth-order valence-electron chi connectivity index (χ4n) is 3.45. The predicted molar refractivity (Wildman–Crippen MR) is 155 cm³/mol. The number of carbonyl (C=O) groups excluding carboxylic acids is 2. The van der Waals surface area contributed by atoms with Gasteiger partial charge in [0.1, 0.15) is 0 Å². The standard InChI is InChI=1S/C28H34ClN5O3Si/c1-28(2,3)38(5,6)37-16-15-34(19-30)23-13-11-22(12-14-23)32-27(36)25-18-33(4)17-24(25)26(35)31-21-9-7-20(29)8-10-21/h7-14,17-18H,15-16H2,1-6H3,(H,31,35)(H,32,36). The van der Waals surface area contributed by atoms with Crippen molar-refractivity contribution < 1.29 is 14.0 Å². The molecule has 1 heterocycles. The Morgan fingerprint density at radius 2 is 1.45 bits per heavy atom. The fourth-order valence-corrected chi connectivity index (χ4v) is 4.61. The summed E-state index contributed by atoms with van der Waals surface area (Å²) in [7, 11) is -0.154. The molecule has 0 fully saturated rings. The van der Waals surface area contributed by atoms with Gasteiger partial charge in [-0.1, -0.05) is 32.4 Å². The highest BCUT2D eigenvalue weighted by atomic mass is 35.5. The number of aromatic nitrogens is 1. The summed E-state index contributed by atoms with van der Waals surface area (Å²) in [5, 5.41) is 15.9. The number of halogens is 1. The molecule has 10 heteroatoms. The molecule has 3 rings (SSSR count). The Morgan fingerprint density at radius 3 is 1.89 bits per heavy atom. The van der Waals surface area contributed by atoms with E-state index in [0.29, 0.717) is 35.2 Å². The molecule has 0 spiro atoms. The Morgan fingerprint density at radius 1 is 0.974 bits per heavy atom. The molecule has 38 heavy (non-hydrogen) atoms. The minimum atomic E-state index is -1.90. The third-order valence-electron chi connectivity index (χ3n) is 6.69. The lowest BCUT2D eigenvalue weighted by molar-refractivity contribution is 0.0991. The summed E-state index contributed by atoms with van der Waals surface area (Å²) in [6, 6.07) is 13.7. The third kappa shape index (κ3) is 7.25. The number of nitriles is 1. The lowest BCUT2D eigenvalue weighted by Gasteiger charge is -2.36. The van der Waals surface area contributed by atoms with Gasteiger partial charge in [-0.2, -0.15) is 5.26 Å². The number of hydrogen-bond donors (Lipinski definition) is 2. The zero-order chi connectivity index (χ0) is 28.1. The van der Waals surface area contributed by atoms with Crippen molar-refractivity contribution in [1.29, 1.82) is 5.26 Å². The average molecular weight is 552 g/mol. The van der Waals surface area contributed by atoms with Crippen molar-refractivity contribution in [2.24, 2.45) is 7.05 Å². The summed E-state index contributed by atoms with van der Waals surface area (Å²) < 4.78 is 7.85. The number of anilines is 3. The molecule has 2 N–H and O–H groups in total. The molecule has 3 aromatic rings. The largest absolute Gasteiger partial charge is 0.415 e. The minimum Gasteiger partial charge on any atom is -0.415 e. The first kappa shape index (κ1) is 29.0. The molecule has 200 valence electrons. The van der Waals surface area contributed by atoms with Gasteiger partial charge in [-0.25, -0.2) is 0 Å². The molecule has 1 aromatic heterocycles. The third-order valence-corrected chi connectivity index (χ3v) is 11.5. The van der Waals surface area contributed by atoms with Crippen LogP contribution in [0.25, 0.3) is 0 Å². The van der Waals surface area contributed by atoms with E-state index in [2.05, 4.69) is 50.7 Å². The van der Waals surface area contributed by atoms with Gasteiger partial charge < -0.3 is 19.6 Å². The van der Waals surface area contributed by atoms with Crippen LogP contribution in [-0.2, 0) is 11.5 Å². The molecule has 0 unspecified atom stereocenters.